The Labute approximate surface area is 114 Å². The van der Waals surface area contributed by atoms with E-state index in [-0.39, 0.29) is 6.10 Å². The molecule has 1 N–H and O–H groups in total. The molecule has 1 aromatic heterocycles. The van der Waals surface area contributed by atoms with Crippen molar-refractivity contribution in [2.75, 3.05) is 6.54 Å². The average molecular weight is 268 g/mol. The lowest BCUT2D eigenvalue weighted by Crippen LogP contribution is -2.40. The number of nitrogens with zero attached hydrogens (tertiary/aromatic N) is 2. The number of thiazole rings is 1. The van der Waals surface area contributed by atoms with E-state index in [0.29, 0.717) is 6.04 Å². The third-order valence-corrected chi connectivity index (χ3v) is 4.44. The van der Waals surface area contributed by atoms with Gasteiger partial charge in [0.2, 0.25) is 0 Å². The molecule has 2 rings (SSSR count). The smallest absolute Gasteiger partial charge is 0.0897 e. The lowest BCUT2D eigenvalue weighted by atomic mass is 9.94. The molecule has 0 saturated heterocycles. The first-order valence-electron chi connectivity index (χ1n) is 6.98. The van der Waals surface area contributed by atoms with Crippen LogP contribution in [-0.2, 0) is 6.54 Å². The number of hydrogen-bond acceptors (Lipinski definition) is 4. The summed E-state index contributed by atoms with van der Waals surface area (Å²) < 4.78 is 0. The monoisotopic (exact) mass is 268 g/mol. The molecular weight excluding hydrogens is 244 g/mol. The summed E-state index contributed by atoms with van der Waals surface area (Å²) in [5.74, 6) is 0. The summed E-state index contributed by atoms with van der Waals surface area (Å²) >= 11 is 1.71. The lowest BCUT2D eigenvalue weighted by Gasteiger charge is -2.34. The quantitative estimate of drug-likeness (QED) is 0.892. The van der Waals surface area contributed by atoms with Gasteiger partial charge < -0.3 is 5.11 Å². The molecule has 0 aromatic carbocycles. The van der Waals surface area contributed by atoms with Crippen molar-refractivity contribution >= 4 is 11.3 Å². The van der Waals surface area contributed by atoms with E-state index >= 15 is 0 Å². The molecule has 1 atom stereocenters. The predicted molar refractivity (Wildman–Crippen MR) is 75.8 cm³/mol. The van der Waals surface area contributed by atoms with Gasteiger partial charge in [0.25, 0.3) is 0 Å². The Hall–Kier alpha value is -0.450. The zero-order valence-corrected chi connectivity index (χ0v) is 12.2. The highest BCUT2D eigenvalue weighted by atomic mass is 32.1. The molecule has 0 amide bonds. The fourth-order valence-corrected chi connectivity index (χ4v) is 3.42. The van der Waals surface area contributed by atoms with Gasteiger partial charge in [-0.2, -0.15) is 0 Å². The minimum absolute atomic E-state index is 0.258. The van der Waals surface area contributed by atoms with Gasteiger partial charge in [0, 0.05) is 24.5 Å². The average Bonchev–Trinajstić information content (AvgIpc) is 2.75. The van der Waals surface area contributed by atoms with Crippen LogP contribution in [0.15, 0.2) is 5.38 Å². The predicted octanol–water partition coefficient (Wildman–Crippen LogP) is 2.97. The van der Waals surface area contributed by atoms with Crippen LogP contribution in [0, 0.1) is 6.92 Å². The molecule has 1 unspecified atom stereocenters. The van der Waals surface area contributed by atoms with E-state index in [4.69, 9.17) is 0 Å². The zero-order chi connectivity index (χ0) is 13.0. The first-order valence-corrected chi connectivity index (χ1v) is 7.86. The van der Waals surface area contributed by atoms with E-state index in [0.717, 1.165) is 23.8 Å². The Kier molecular flexibility index (Phi) is 5.15. The first kappa shape index (κ1) is 14.0. The summed E-state index contributed by atoms with van der Waals surface area (Å²) in [6.07, 6.45) is 6.32. The number of aromatic nitrogens is 1. The van der Waals surface area contributed by atoms with Crippen molar-refractivity contribution in [3.63, 3.8) is 0 Å². The number of aryl methyl sites for hydroxylation is 1. The highest BCUT2D eigenvalue weighted by molar-refractivity contribution is 7.09. The fraction of sp³-hybridized carbons (Fsp3) is 0.786. The van der Waals surface area contributed by atoms with Crippen LogP contribution < -0.4 is 0 Å². The van der Waals surface area contributed by atoms with Crippen molar-refractivity contribution in [3.8, 4) is 0 Å². The molecule has 0 spiro atoms. The summed E-state index contributed by atoms with van der Waals surface area (Å²) in [5, 5.41) is 13.0. The van der Waals surface area contributed by atoms with E-state index in [1.54, 1.807) is 11.3 Å². The number of hydrogen-bond donors (Lipinski definition) is 1. The molecule has 1 saturated carbocycles. The highest BCUT2D eigenvalue weighted by Gasteiger charge is 2.22. The van der Waals surface area contributed by atoms with Crippen LogP contribution in [0.4, 0.5) is 0 Å². The van der Waals surface area contributed by atoms with E-state index < -0.39 is 0 Å². The molecule has 1 aromatic rings. The van der Waals surface area contributed by atoms with Gasteiger partial charge in [-0.25, -0.2) is 4.98 Å². The van der Waals surface area contributed by atoms with Gasteiger partial charge in [-0.05, 0) is 26.7 Å². The molecule has 102 valence electrons. The minimum atomic E-state index is -0.258. The number of aliphatic hydroxyl groups excluding tert-OH is 1. The summed E-state index contributed by atoms with van der Waals surface area (Å²) in [5.41, 5.74) is 1.16. The fourth-order valence-electron chi connectivity index (χ4n) is 2.82. The SMILES string of the molecule is Cc1nc(CN(CC(C)O)C2CCCCC2)cs1. The molecule has 18 heavy (non-hydrogen) atoms. The largest absolute Gasteiger partial charge is 0.392 e. The van der Waals surface area contributed by atoms with Gasteiger partial charge in [0.1, 0.15) is 0 Å². The van der Waals surface area contributed by atoms with Gasteiger partial charge >= 0.3 is 0 Å². The van der Waals surface area contributed by atoms with E-state index in [1.165, 1.54) is 32.1 Å². The molecule has 0 aliphatic heterocycles. The van der Waals surface area contributed by atoms with E-state index in [1.807, 2.05) is 13.8 Å². The molecule has 0 bridgehead atoms. The van der Waals surface area contributed by atoms with Crippen molar-refractivity contribution < 1.29 is 5.11 Å². The molecule has 1 aliphatic rings. The van der Waals surface area contributed by atoms with Crippen molar-refractivity contribution in [2.24, 2.45) is 0 Å². The Bertz CT molecular complexity index is 358. The maximum Gasteiger partial charge on any atom is 0.0897 e. The van der Waals surface area contributed by atoms with E-state index in [9.17, 15) is 5.11 Å². The molecule has 1 fully saturated rings. The van der Waals surface area contributed by atoms with Crippen molar-refractivity contribution in [1.29, 1.82) is 0 Å². The van der Waals surface area contributed by atoms with Crippen LogP contribution in [-0.4, -0.2) is 33.7 Å². The summed E-state index contributed by atoms with van der Waals surface area (Å²) in [6.45, 7) is 5.58. The topological polar surface area (TPSA) is 36.4 Å². The standard InChI is InChI=1S/C14H24N2OS/c1-11(17)8-16(14-6-4-3-5-7-14)9-13-10-18-12(2)15-13/h10-11,14,17H,3-9H2,1-2H3. The van der Waals surface area contributed by atoms with Gasteiger partial charge in [-0.15, -0.1) is 11.3 Å². The third kappa shape index (κ3) is 4.04. The minimum Gasteiger partial charge on any atom is -0.392 e. The number of aliphatic hydroxyl groups is 1. The zero-order valence-electron chi connectivity index (χ0n) is 11.4. The maximum absolute atomic E-state index is 9.68. The van der Waals surface area contributed by atoms with Crippen molar-refractivity contribution in [3.05, 3.63) is 16.1 Å². The highest BCUT2D eigenvalue weighted by Crippen LogP contribution is 2.24. The van der Waals surface area contributed by atoms with Crippen LogP contribution in [0.3, 0.4) is 0 Å². The van der Waals surface area contributed by atoms with Crippen LogP contribution in [0.2, 0.25) is 0 Å². The summed E-state index contributed by atoms with van der Waals surface area (Å²) in [4.78, 5) is 6.98. The molecule has 1 heterocycles. The second-order valence-corrected chi connectivity index (χ2v) is 6.49. The van der Waals surface area contributed by atoms with Gasteiger partial charge in [0.15, 0.2) is 0 Å². The third-order valence-electron chi connectivity index (χ3n) is 3.62. The van der Waals surface area contributed by atoms with Crippen LogP contribution in [0.1, 0.15) is 49.7 Å². The first-order chi connectivity index (χ1) is 8.65. The molecule has 1 aliphatic carbocycles. The Morgan fingerprint density at radius 1 is 1.44 bits per heavy atom. The Morgan fingerprint density at radius 2 is 2.17 bits per heavy atom. The second-order valence-electron chi connectivity index (χ2n) is 5.43. The van der Waals surface area contributed by atoms with Gasteiger partial charge in [0.05, 0.1) is 16.8 Å². The normalized spacial score (nSPS) is 19.3. The lowest BCUT2D eigenvalue weighted by molar-refractivity contribution is 0.0761. The van der Waals surface area contributed by atoms with Crippen LogP contribution in [0.25, 0.3) is 0 Å². The maximum atomic E-state index is 9.68. The van der Waals surface area contributed by atoms with Crippen LogP contribution >= 0.6 is 11.3 Å². The van der Waals surface area contributed by atoms with Gasteiger partial charge in [-0.3, -0.25) is 4.90 Å². The van der Waals surface area contributed by atoms with Crippen molar-refractivity contribution in [1.82, 2.24) is 9.88 Å². The van der Waals surface area contributed by atoms with Gasteiger partial charge in [-0.1, -0.05) is 19.3 Å². The molecule has 0 radical (unpaired) electrons. The Morgan fingerprint density at radius 3 is 2.72 bits per heavy atom. The second kappa shape index (κ2) is 6.64. The number of rotatable bonds is 5. The van der Waals surface area contributed by atoms with Crippen LogP contribution in [0.5, 0.6) is 0 Å². The van der Waals surface area contributed by atoms with E-state index in [2.05, 4.69) is 15.3 Å². The van der Waals surface area contributed by atoms with Crippen molar-refractivity contribution in [2.45, 2.75) is 64.6 Å². The molecular formula is C14H24N2OS. The molecule has 3 nitrogen and oxygen atoms in total. The molecule has 4 heteroatoms. The summed E-state index contributed by atoms with van der Waals surface area (Å²) in [6, 6.07) is 0.635. The Balaban J connectivity index is 1.99. The summed E-state index contributed by atoms with van der Waals surface area (Å²) in [7, 11) is 0.